The molecule has 0 bridgehead atoms. The maximum Gasteiger partial charge on any atom is 0.234 e. The Labute approximate surface area is 124 Å². The van der Waals surface area contributed by atoms with Crippen LogP contribution in [0.4, 0.5) is 0 Å². The molecule has 21 heavy (non-hydrogen) atoms. The van der Waals surface area contributed by atoms with Crippen molar-refractivity contribution in [1.29, 1.82) is 0 Å². The molecule has 1 aromatic heterocycles. The molecule has 3 atom stereocenters. The third kappa shape index (κ3) is 1.68. The lowest BCUT2D eigenvalue weighted by Gasteiger charge is -2.30. The highest BCUT2D eigenvalue weighted by Crippen LogP contribution is 2.41. The SMILES string of the molecule is C#C[C@H]1Oc2c(oc3ccc(Cl)cc3c2=O)[C@@H]2C=CO[C@H]12. The van der Waals surface area contributed by atoms with Gasteiger partial charge in [-0.1, -0.05) is 17.5 Å². The van der Waals surface area contributed by atoms with Gasteiger partial charge in [0.25, 0.3) is 0 Å². The van der Waals surface area contributed by atoms with E-state index in [0.29, 0.717) is 21.8 Å². The lowest BCUT2D eigenvalue weighted by Crippen LogP contribution is -2.40. The lowest BCUT2D eigenvalue weighted by atomic mass is 9.92. The molecule has 0 saturated heterocycles. The molecule has 104 valence electrons. The molecule has 0 amide bonds. The van der Waals surface area contributed by atoms with Crippen LogP contribution in [0.5, 0.6) is 5.75 Å². The van der Waals surface area contributed by atoms with Gasteiger partial charge in [0, 0.05) is 5.02 Å². The molecule has 2 aliphatic rings. The molecule has 0 spiro atoms. The summed E-state index contributed by atoms with van der Waals surface area (Å²) in [6.07, 6.45) is 7.85. The van der Waals surface area contributed by atoms with Crippen LogP contribution >= 0.6 is 11.6 Å². The number of benzene rings is 1. The third-order valence-electron chi connectivity index (χ3n) is 3.72. The summed E-state index contributed by atoms with van der Waals surface area (Å²) >= 11 is 5.93. The van der Waals surface area contributed by atoms with Crippen molar-refractivity contribution in [2.75, 3.05) is 0 Å². The van der Waals surface area contributed by atoms with Gasteiger partial charge in [0.1, 0.15) is 5.58 Å². The van der Waals surface area contributed by atoms with Crippen molar-refractivity contribution in [3.8, 4) is 18.1 Å². The predicted octanol–water partition coefficient (Wildman–Crippen LogP) is 2.84. The van der Waals surface area contributed by atoms with Gasteiger partial charge in [-0.3, -0.25) is 4.79 Å². The van der Waals surface area contributed by atoms with Crippen molar-refractivity contribution in [2.45, 2.75) is 18.1 Å². The average Bonchev–Trinajstić information content (AvgIpc) is 2.97. The zero-order chi connectivity index (χ0) is 14.6. The number of hydrogen-bond donors (Lipinski definition) is 0. The van der Waals surface area contributed by atoms with Crippen LogP contribution in [-0.4, -0.2) is 12.2 Å². The quantitative estimate of drug-likeness (QED) is 0.702. The number of halogens is 1. The second kappa shape index (κ2) is 4.31. The first kappa shape index (κ1) is 12.4. The summed E-state index contributed by atoms with van der Waals surface area (Å²) in [5.41, 5.74) is 0.192. The van der Waals surface area contributed by atoms with Crippen molar-refractivity contribution >= 4 is 22.6 Å². The van der Waals surface area contributed by atoms with Crippen LogP contribution < -0.4 is 10.2 Å². The Kier molecular flexibility index (Phi) is 2.54. The zero-order valence-corrected chi connectivity index (χ0v) is 11.5. The summed E-state index contributed by atoms with van der Waals surface area (Å²) in [6, 6.07) is 4.90. The molecule has 1 aromatic carbocycles. The second-order valence-corrected chi connectivity index (χ2v) is 5.36. The van der Waals surface area contributed by atoms with Crippen LogP contribution in [0.1, 0.15) is 11.7 Å². The van der Waals surface area contributed by atoms with E-state index in [1.807, 2.05) is 6.08 Å². The molecule has 5 heteroatoms. The largest absolute Gasteiger partial charge is 0.492 e. The van der Waals surface area contributed by atoms with Crippen molar-refractivity contribution in [3.63, 3.8) is 0 Å². The van der Waals surface area contributed by atoms with Crippen LogP contribution in [0, 0.1) is 12.3 Å². The summed E-state index contributed by atoms with van der Waals surface area (Å²) < 4.78 is 16.9. The zero-order valence-electron chi connectivity index (χ0n) is 10.7. The smallest absolute Gasteiger partial charge is 0.234 e. The Hall–Kier alpha value is -2.38. The van der Waals surface area contributed by atoms with Crippen LogP contribution in [0.2, 0.25) is 5.02 Å². The van der Waals surface area contributed by atoms with E-state index in [1.54, 1.807) is 24.5 Å². The average molecular weight is 301 g/mol. The van der Waals surface area contributed by atoms with Crippen LogP contribution in [0.25, 0.3) is 11.0 Å². The Morgan fingerprint density at radius 2 is 2.19 bits per heavy atom. The third-order valence-corrected chi connectivity index (χ3v) is 3.96. The van der Waals surface area contributed by atoms with Gasteiger partial charge in [-0.05, 0) is 24.3 Å². The van der Waals surface area contributed by atoms with E-state index < -0.39 is 6.10 Å². The van der Waals surface area contributed by atoms with Gasteiger partial charge in [-0.25, -0.2) is 0 Å². The number of ether oxygens (including phenoxy) is 2. The lowest BCUT2D eigenvalue weighted by molar-refractivity contribution is 0.0375. The van der Waals surface area contributed by atoms with Crippen molar-refractivity contribution in [3.05, 3.63) is 51.5 Å². The van der Waals surface area contributed by atoms with Crippen molar-refractivity contribution in [2.24, 2.45) is 0 Å². The molecule has 2 aliphatic heterocycles. The van der Waals surface area contributed by atoms with Gasteiger partial charge in [0.2, 0.25) is 11.2 Å². The molecule has 0 N–H and O–H groups in total. The fraction of sp³-hybridized carbons (Fsp3) is 0.188. The summed E-state index contributed by atoms with van der Waals surface area (Å²) in [6.45, 7) is 0. The van der Waals surface area contributed by atoms with Gasteiger partial charge >= 0.3 is 0 Å². The highest BCUT2D eigenvalue weighted by molar-refractivity contribution is 6.31. The number of rotatable bonds is 0. The highest BCUT2D eigenvalue weighted by Gasteiger charge is 2.43. The van der Waals surface area contributed by atoms with Gasteiger partial charge in [-0.2, -0.15) is 0 Å². The van der Waals surface area contributed by atoms with Gasteiger partial charge in [0.15, 0.2) is 18.0 Å². The van der Waals surface area contributed by atoms with Gasteiger partial charge in [0.05, 0.1) is 17.6 Å². The Balaban J connectivity index is 2.03. The minimum absolute atomic E-state index is 0.143. The van der Waals surface area contributed by atoms with E-state index in [1.165, 1.54) is 0 Å². The molecule has 0 fully saturated rings. The van der Waals surface area contributed by atoms with Crippen molar-refractivity contribution in [1.82, 2.24) is 0 Å². The fourth-order valence-corrected chi connectivity index (χ4v) is 2.90. The van der Waals surface area contributed by atoms with E-state index in [2.05, 4.69) is 5.92 Å². The molecule has 0 aliphatic carbocycles. The molecule has 3 heterocycles. The molecule has 4 rings (SSSR count). The van der Waals surface area contributed by atoms with Crippen molar-refractivity contribution < 1.29 is 13.9 Å². The van der Waals surface area contributed by atoms with Crippen LogP contribution in [0.15, 0.2) is 39.7 Å². The molecular weight excluding hydrogens is 292 g/mol. The first-order chi connectivity index (χ1) is 10.2. The number of hydrogen-bond acceptors (Lipinski definition) is 4. The highest BCUT2D eigenvalue weighted by atomic mass is 35.5. The molecular formula is C16H9ClO4. The van der Waals surface area contributed by atoms with E-state index in [9.17, 15) is 4.79 Å². The number of terminal acetylenes is 1. The van der Waals surface area contributed by atoms with Gasteiger partial charge in [-0.15, -0.1) is 6.42 Å². The topological polar surface area (TPSA) is 48.7 Å². The van der Waals surface area contributed by atoms with E-state index in [0.717, 1.165) is 0 Å². The summed E-state index contributed by atoms with van der Waals surface area (Å²) in [4.78, 5) is 12.6. The van der Waals surface area contributed by atoms with Gasteiger partial charge < -0.3 is 13.9 Å². The van der Waals surface area contributed by atoms with E-state index in [-0.39, 0.29) is 23.2 Å². The monoisotopic (exact) mass is 300 g/mol. The van der Waals surface area contributed by atoms with E-state index >= 15 is 0 Å². The maximum atomic E-state index is 12.6. The molecule has 0 radical (unpaired) electrons. The van der Waals surface area contributed by atoms with E-state index in [4.69, 9.17) is 31.9 Å². The normalized spacial score (nSPS) is 25.6. The summed E-state index contributed by atoms with van der Waals surface area (Å²) in [7, 11) is 0. The van der Waals surface area contributed by atoms with Crippen LogP contribution in [-0.2, 0) is 4.74 Å². The first-order valence-electron chi connectivity index (χ1n) is 6.40. The summed E-state index contributed by atoms with van der Waals surface area (Å²) in [5.74, 6) is 2.88. The number of fused-ring (bicyclic) bond motifs is 4. The molecule has 4 nitrogen and oxygen atoms in total. The minimum Gasteiger partial charge on any atom is -0.492 e. The maximum absolute atomic E-state index is 12.6. The Bertz CT molecular complexity index is 874. The molecule has 2 aromatic rings. The second-order valence-electron chi connectivity index (χ2n) is 4.93. The minimum atomic E-state index is -0.628. The molecule has 0 saturated carbocycles. The fourth-order valence-electron chi connectivity index (χ4n) is 2.73. The Morgan fingerprint density at radius 3 is 3.00 bits per heavy atom. The van der Waals surface area contributed by atoms with Crippen LogP contribution in [0.3, 0.4) is 0 Å². The summed E-state index contributed by atoms with van der Waals surface area (Å²) in [5, 5.41) is 0.833. The molecule has 0 unspecified atom stereocenters. The first-order valence-corrected chi connectivity index (χ1v) is 6.78. The standard InChI is InChI=1S/C16H9ClO4/c1-2-11-14-9(5-6-19-14)15-16(20-11)13(18)10-7-8(17)3-4-12(10)21-15/h1,3-7,9,11,14H/t9-,11-,14+/m1/s1. The predicted molar refractivity (Wildman–Crippen MR) is 77.5 cm³/mol. The Morgan fingerprint density at radius 1 is 1.33 bits per heavy atom.